The number of rotatable bonds is 3. The smallest absolute Gasteiger partial charge is 0.335 e. The van der Waals surface area contributed by atoms with E-state index in [1.165, 1.54) is 7.11 Å². The van der Waals surface area contributed by atoms with Gasteiger partial charge in [-0.05, 0) is 12.6 Å². The summed E-state index contributed by atoms with van der Waals surface area (Å²) in [6.07, 6.45) is 7.56. The molecule has 0 saturated carbocycles. The number of methoxy groups -OCH3 is 1. The molecule has 0 aliphatic carbocycles. The summed E-state index contributed by atoms with van der Waals surface area (Å²) in [4.78, 5) is 13.2. The fourth-order valence-electron chi connectivity index (χ4n) is 1.28. The molecule has 1 heterocycles. The normalized spacial score (nSPS) is 15.5. The number of hydrogen-bond acceptors (Lipinski definition) is 3. The van der Waals surface area contributed by atoms with Gasteiger partial charge < -0.3 is 9.64 Å². The van der Waals surface area contributed by atoms with Crippen LogP contribution in [0.2, 0.25) is 0 Å². The molecule has 72 valence electrons. The van der Waals surface area contributed by atoms with Crippen LogP contribution >= 0.6 is 0 Å². The van der Waals surface area contributed by atoms with Crippen LogP contribution < -0.4 is 0 Å². The molecule has 1 aliphatic rings. The minimum Gasteiger partial charge on any atom is -0.466 e. The quantitative estimate of drug-likeness (QED) is 0.620. The number of carbonyl (C=O) groups excluding carboxylic acids is 1. The van der Waals surface area contributed by atoms with E-state index in [4.69, 9.17) is 0 Å². The van der Waals surface area contributed by atoms with Gasteiger partial charge in [0.15, 0.2) is 0 Å². The van der Waals surface area contributed by atoms with Crippen LogP contribution in [0.3, 0.4) is 0 Å². The molecule has 0 amide bonds. The standard InChI is InChI=1S/C10H15NO2/c1-3-6-11-7-4-5-9(8-11)10(12)13-2/h4,7-8H,3,5-6H2,1-2H3. The molecule has 0 unspecified atom stereocenters. The summed E-state index contributed by atoms with van der Waals surface area (Å²) in [6, 6.07) is 0. The van der Waals surface area contributed by atoms with E-state index in [2.05, 4.69) is 11.7 Å². The third-order valence-electron chi connectivity index (χ3n) is 1.89. The van der Waals surface area contributed by atoms with Crippen LogP contribution in [-0.4, -0.2) is 24.5 Å². The van der Waals surface area contributed by atoms with Crippen LogP contribution in [-0.2, 0) is 9.53 Å². The number of nitrogens with zero attached hydrogens (tertiary/aromatic N) is 1. The van der Waals surface area contributed by atoms with Gasteiger partial charge in [0.2, 0.25) is 0 Å². The molecule has 0 saturated heterocycles. The Bertz CT molecular complexity index is 243. The predicted molar refractivity (Wildman–Crippen MR) is 50.9 cm³/mol. The third kappa shape index (κ3) is 2.61. The van der Waals surface area contributed by atoms with E-state index in [9.17, 15) is 4.79 Å². The van der Waals surface area contributed by atoms with Crippen LogP contribution in [0.4, 0.5) is 0 Å². The maximum absolute atomic E-state index is 11.2. The van der Waals surface area contributed by atoms with Gasteiger partial charge in [0, 0.05) is 19.2 Å². The Morgan fingerprint density at radius 2 is 2.46 bits per heavy atom. The lowest BCUT2D eigenvalue weighted by molar-refractivity contribution is -0.136. The molecule has 0 radical (unpaired) electrons. The summed E-state index contributed by atoms with van der Waals surface area (Å²) in [5, 5.41) is 0. The highest BCUT2D eigenvalue weighted by Crippen LogP contribution is 2.13. The summed E-state index contributed by atoms with van der Waals surface area (Å²) < 4.78 is 4.65. The van der Waals surface area contributed by atoms with Gasteiger partial charge in [0.25, 0.3) is 0 Å². The van der Waals surface area contributed by atoms with E-state index in [1.54, 1.807) is 0 Å². The molecular weight excluding hydrogens is 166 g/mol. The van der Waals surface area contributed by atoms with Crippen molar-refractivity contribution in [1.82, 2.24) is 4.90 Å². The van der Waals surface area contributed by atoms with Crippen LogP contribution in [0.15, 0.2) is 24.0 Å². The van der Waals surface area contributed by atoms with Crippen molar-refractivity contribution in [3.63, 3.8) is 0 Å². The van der Waals surface area contributed by atoms with Gasteiger partial charge in [-0.3, -0.25) is 0 Å². The molecule has 13 heavy (non-hydrogen) atoms. The van der Waals surface area contributed by atoms with Crippen molar-refractivity contribution >= 4 is 5.97 Å². The Balaban J connectivity index is 2.61. The Labute approximate surface area is 78.7 Å². The number of hydrogen-bond donors (Lipinski definition) is 0. The van der Waals surface area contributed by atoms with Gasteiger partial charge in [0.1, 0.15) is 0 Å². The highest BCUT2D eigenvalue weighted by atomic mass is 16.5. The highest BCUT2D eigenvalue weighted by Gasteiger charge is 2.12. The first-order chi connectivity index (χ1) is 6.27. The van der Waals surface area contributed by atoms with E-state index >= 15 is 0 Å². The first-order valence-corrected chi connectivity index (χ1v) is 4.49. The first kappa shape index (κ1) is 9.84. The Hall–Kier alpha value is -1.25. The molecule has 1 rings (SSSR count). The molecular formula is C10H15NO2. The van der Waals surface area contributed by atoms with Crippen LogP contribution in [0.25, 0.3) is 0 Å². The van der Waals surface area contributed by atoms with Crippen LogP contribution in [0.1, 0.15) is 19.8 Å². The van der Waals surface area contributed by atoms with Crippen molar-refractivity contribution in [3.05, 3.63) is 24.0 Å². The molecule has 0 aromatic carbocycles. The highest BCUT2D eigenvalue weighted by molar-refractivity contribution is 5.88. The van der Waals surface area contributed by atoms with Crippen LogP contribution in [0.5, 0.6) is 0 Å². The van der Waals surface area contributed by atoms with Gasteiger partial charge in [0.05, 0.1) is 12.7 Å². The number of ether oxygens (including phenoxy) is 1. The van der Waals surface area contributed by atoms with Crippen molar-refractivity contribution in [3.8, 4) is 0 Å². The maximum Gasteiger partial charge on any atom is 0.335 e. The van der Waals surface area contributed by atoms with Crippen molar-refractivity contribution in [2.45, 2.75) is 19.8 Å². The van der Waals surface area contributed by atoms with Gasteiger partial charge in [-0.15, -0.1) is 0 Å². The minimum absolute atomic E-state index is 0.231. The average molecular weight is 181 g/mol. The van der Waals surface area contributed by atoms with Crippen molar-refractivity contribution in [2.75, 3.05) is 13.7 Å². The molecule has 3 heteroatoms. The Morgan fingerprint density at radius 1 is 1.69 bits per heavy atom. The van der Waals surface area contributed by atoms with E-state index in [1.807, 2.05) is 23.4 Å². The molecule has 0 aromatic heterocycles. The summed E-state index contributed by atoms with van der Waals surface area (Å²) in [5.74, 6) is -0.231. The van der Waals surface area contributed by atoms with Crippen LogP contribution in [0, 0.1) is 0 Å². The van der Waals surface area contributed by atoms with Gasteiger partial charge in [-0.2, -0.15) is 0 Å². The molecule has 0 aromatic rings. The molecule has 1 aliphatic heterocycles. The summed E-state index contributed by atoms with van der Waals surface area (Å²) in [5.41, 5.74) is 0.721. The van der Waals surface area contributed by atoms with Gasteiger partial charge >= 0.3 is 5.97 Å². The predicted octanol–water partition coefficient (Wildman–Crippen LogP) is 1.67. The van der Waals surface area contributed by atoms with Crippen molar-refractivity contribution in [2.24, 2.45) is 0 Å². The lowest BCUT2D eigenvalue weighted by Gasteiger charge is -2.19. The summed E-state index contributed by atoms with van der Waals surface area (Å²) in [7, 11) is 1.41. The van der Waals surface area contributed by atoms with E-state index in [0.29, 0.717) is 6.42 Å². The zero-order valence-corrected chi connectivity index (χ0v) is 8.12. The van der Waals surface area contributed by atoms with Gasteiger partial charge in [-0.1, -0.05) is 13.0 Å². The second-order valence-electron chi connectivity index (χ2n) is 2.97. The first-order valence-electron chi connectivity index (χ1n) is 4.49. The molecule has 0 N–H and O–H groups in total. The minimum atomic E-state index is -0.231. The fourth-order valence-corrected chi connectivity index (χ4v) is 1.28. The summed E-state index contributed by atoms with van der Waals surface area (Å²) in [6.45, 7) is 3.05. The fraction of sp³-hybridized carbons (Fsp3) is 0.500. The largest absolute Gasteiger partial charge is 0.466 e. The number of allylic oxidation sites excluding steroid dienone is 1. The van der Waals surface area contributed by atoms with Crippen molar-refractivity contribution < 1.29 is 9.53 Å². The summed E-state index contributed by atoms with van der Waals surface area (Å²) >= 11 is 0. The number of carbonyl (C=O) groups is 1. The second-order valence-corrected chi connectivity index (χ2v) is 2.97. The van der Waals surface area contributed by atoms with Crippen molar-refractivity contribution in [1.29, 1.82) is 0 Å². The molecule has 3 nitrogen and oxygen atoms in total. The topological polar surface area (TPSA) is 29.5 Å². The second kappa shape index (κ2) is 4.70. The zero-order chi connectivity index (χ0) is 9.68. The Morgan fingerprint density at radius 3 is 3.08 bits per heavy atom. The van der Waals surface area contributed by atoms with E-state index in [-0.39, 0.29) is 5.97 Å². The lowest BCUT2D eigenvalue weighted by atomic mass is 10.1. The molecule has 0 atom stereocenters. The van der Waals surface area contributed by atoms with E-state index < -0.39 is 0 Å². The van der Waals surface area contributed by atoms with E-state index in [0.717, 1.165) is 18.5 Å². The van der Waals surface area contributed by atoms with Gasteiger partial charge in [-0.25, -0.2) is 4.79 Å². The zero-order valence-electron chi connectivity index (χ0n) is 8.12. The lowest BCUT2D eigenvalue weighted by Crippen LogP contribution is -2.17. The monoisotopic (exact) mass is 181 g/mol. The molecule has 0 bridgehead atoms. The maximum atomic E-state index is 11.2. The SMILES string of the molecule is CCCN1C=CCC(C(=O)OC)=C1. The third-order valence-corrected chi connectivity index (χ3v) is 1.89. The molecule has 0 spiro atoms. The molecule has 0 fully saturated rings. The number of esters is 1. The average Bonchev–Trinajstić information content (AvgIpc) is 2.18. The Kier molecular flexibility index (Phi) is 3.55.